The molecule has 0 radical (unpaired) electrons. The highest BCUT2D eigenvalue weighted by Crippen LogP contribution is 2.25. The largest absolute Gasteiger partial charge is 0.468 e. The monoisotopic (exact) mass is 498 g/mol. The average molecular weight is 499 g/mol. The number of H-pyrrole nitrogens is 1. The zero-order valence-corrected chi connectivity index (χ0v) is 21.6. The number of aromatic amines is 1. The summed E-state index contributed by atoms with van der Waals surface area (Å²) in [5.74, 6) is 1.70. The molecule has 10 nitrogen and oxygen atoms in total. The highest BCUT2D eigenvalue weighted by molar-refractivity contribution is 5.76. The van der Waals surface area contributed by atoms with Crippen molar-refractivity contribution in [3.8, 4) is 0 Å². The summed E-state index contributed by atoms with van der Waals surface area (Å²) in [4.78, 5) is 47.7. The topological polar surface area (TPSA) is 118 Å². The van der Waals surface area contributed by atoms with Gasteiger partial charge in [-0.05, 0) is 50.4 Å². The van der Waals surface area contributed by atoms with Gasteiger partial charge in [-0.2, -0.15) is 0 Å². The zero-order valence-electron chi connectivity index (χ0n) is 21.6. The Kier molecular flexibility index (Phi) is 8.45. The number of amides is 1. The van der Waals surface area contributed by atoms with E-state index in [0.717, 1.165) is 44.5 Å². The molecular weight excluding hydrogens is 460 g/mol. The molecular formula is C26H38N6O4. The SMILES string of the molecule is CCCCn1c(=O)[nH]c(=O)c2c1nc(CCC(=O)NCC(c1ccco1)N1CCCC1)n2CC(C)C. The normalized spacial score (nSPS) is 15.2. The summed E-state index contributed by atoms with van der Waals surface area (Å²) < 4.78 is 9.07. The van der Waals surface area contributed by atoms with Gasteiger partial charge in [0.1, 0.15) is 11.6 Å². The molecule has 0 bridgehead atoms. The first-order valence-corrected chi connectivity index (χ1v) is 13.1. The highest BCUT2D eigenvalue weighted by Gasteiger charge is 2.26. The Morgan fingerprint density at radius 1 is 1.22 bits per heavy atom. The average Bonchev–Trinajstić information content (AvgIpc) is 3.60. The number of nitrogens with zero attached hydrogens (tertiary/aromatic N) is 4. The Bertz CT molecular complexity index is 1260. The minimum Gasteiger partial charge on any atom is -0.468 e. The summed E-state index contributed by atoms with van der Waals surface area (Å²) in [6, 6.07) is 3.85. The first-order chi connectivity index (χ1) is 17.4. The molecule has 0 saturated carbocycles. The second-order valence-electron chi connectivity index (χ2n) is 10.0. The maximum Gasteiger partial charge on any atom is 0.330 e. The van der Waals surface area contributed by atoms with Gasteiger partial charge in [-0.1, -0.05) is 27.2 Å². The Morgan fingerprint density at radius 2 is 2.00 bits per heavy atom. The molecule has 1 unspecified atom stereocenters. The lowest BCUT2D eigenvalue weighted by atomic mass is 10.2. The molecule has 2 N–H and O–H groups in total. The Hall–Kier alpha value is -3.14. The zero-order chi connectivity index (χ0) is 25.7. The number of hydrogen-bond acceptors (Lipinski definition) is 6. The number of likely N-dealkylation sites (tertiary alicyclic amines) is 1. The van der Waals surface area contributed by atoms with Crippen molar-refractivity contribution in [2.45, 2.75) is 78.4 Å². The van der Waals surface area contributed by atoms with Crippen LogP contribution < -0.4 is 16.6 Å². The molecule has 1 amide bonds. The van der Waals surface area contributed by atoms with Gasteiger partial charge in [0.25, 0.3) is 5.56 Å². The molecule has 1 aliphatic rings. The second kappa shape index (κ2) is 11.7. The number of carbonyl (C=O) groups excluding carboxylic acids is 1. The molecule has 4 rings (SSSR count). The van der Waals surface area contributed by atoms with E-state index in [1.54, 1.807) is 10.8 Å². The van der Waals surface area contributed by atoms with E-state index in [1.165, 1.54) is 0 Å². The van der Waals surface area contributed by atoms with Crippen molar-refractivity contribution in [3.05, 3.63) is 50.8 Å². The Morgan fingerprint density at radius 3 is 2.67 bits per heavy atom. The number of hydrogen-bond donors (Lipinski definition) is 2. The van der Waals surface area contributed by atoms with Crippen LogP contribution in [-0.2, 0) is 24.3 Å². The van der Waals surface area contributed by atoms with Gasteiger partial charge in [0.2, 0.25) is 5.91 Å². The molecule has 196 valence electrons. The number of furan rings is 1. The first kappa shape index (κ1) is 25.9. The van der Waals surface area contributed by atoms with Crippen LogP contribution >= 0.6 is 0 Å². The third-order valence-electron chi connectivity index (χ3n) is 6.77. The molecule has 1 saturated heterocycles. The van der Waals surface area contributed by atoms with Crippen molar-refractivity contribution < 1.29 is 9.21 Å². The molecule has 1 aliphatic heterocycles. The molecule has 3 aromatic rings. The predicted octanol–water partition coefficient (Wildman–Crippen LogP) is 2.82. The lowest BCUT2D eigenvalue weighted by Crippen LogP contribution is -2.36. The third kappa shape index (κ3) is 5.80. The number of aryl methyl sites for hydroxylation is 2. The van der Waals surface area contributed by atoms with E-state index in [9.17, 15) is 14.4 Å². The van der Waals surface area contributed by atoms with Crippen LogP contribution in [0.25, 0.3) is 11.2 Å². The van der Waals surface area contributed by atoms with Gasteiger partial charge < -0.3 is 14.3 Å². The molecule has 3 aromatic heterocycles. The van der Waals surface area contributed by atoms with Gasteiger partial charge in [-0.3, -0.25) is 24.0 Å². The van der Waals surface area contributed by atoms with E-state index in [4.69, 9.17) is 9.40 Å². The fourth-order valence-corrected chi connectivity index (χ4v) is 4.96. The molecule has 1 fully saturated rings. The van der Waals surface area contributed by atoms with E-state index < -0.39 is 11.2 Å². The summed E-state index contributed by atoms with van der Waals surface area (Å²) in [6.45, 7) is 9.72. The van der Waals surface area contributed by atoms with Crippen LogP contribution in [0.4, 0.5) is 0 Å². The second-order valence-corrected chi connectivity index (χ2v) is 10.0. The minimum absolute atomic E-state index is 0.0172. The maximum absolute atomic E-state index is 12.9. The molecule has 0 aromatic carbocycles. The summed E-state index contributed by atoms with van der Waals surface area (Å²) in [5, 5.41) is 3.07. The number of unbranched alkanes of at least 4 members (excludes halogenated alkanes) is 1. The Labute approximate surface area is 210 Å². The van der Waals surface area contributed by atoms with Crippen molar-refractivity contribution in [3.63, 3.8) is 0 Å². The number of nitrogens with one attached hydrogen (secondary N) is 2. The summed E-state index contributed by atoms with van der Waals surface area (Å²) >= 11 is 0. The van der Waals surface area contributed by atoms with Crippen LogP contribution in [0.5, 0.6) is 0 Å². The minimum atomic E-state index is -0.440. The van der Waals surface area contributed by atoms with E-state index in [0.29, 0.717) is 43.0 Å². The van der Waals surface area contributed by atoms with Crippen LogP contribution in [0, 0.1) is 5.92 Å². The van der Waals surface area contributed by atoms with Crippen molar-refractivity contribution in [1.29, 1.82) is 0 Å². The number of imidazole rings is 1. The van der Waals surface area contributed by atoms with E-state index >= 15 is 0 Å². The number of rotatable bonds is 12. The summed E-state index contributed by atoms with van der Waals surface area (Å²) in [7, 11) is 0. The summed E-state index contributed by atoms with van der Waals surface area (Å²) in [5.41, 5.74) is -0.0641. The van der Waals surface area contributed by atoms with Crippen molar-refractivity contribution in [2.24, 2.45) is 5.92 Å². The van der Waals surface area contributed by atoms with Crippen molar-refractivity contribution in [2.75, 3.05) is 19.6 Å². The molecule has 10 heteroatoms. The van der Waals surface area contributed by atoms with Crippen molar-refractivity contribution >= 4 is 17.1 Å². The van der Waals surface area contributed by atoms with Gasteiger partial charge in [0.05, 0.1) is 12.3 Å². The maximum atomic E-state index is 12.9. The number of fused-ring (bicyclic) bond motifs is 1. The van der Waals surface area contributed by atoms with Crippen LogP contribution in [0.15, 0.2) is 32.4 Å². The molecule has 0 spiro atoms. The predicted molar refractivity (Wildman–Crippen MR) is 138 cm³/mol. The summed E-state index contributed by atoms with van der Waals surface area (Å²) in [6.07, 6.45) is 6.32. The van der Waals surface area contributed by atoms with Crippen LogP contribution in [0.3, 0.4) is 0 Å². The van der Waals surface area contributed by atoms with Crippen LogP contribution in [0.2, 0.25) is 0 Å². The molecule has 36 heavy (non-hydrogen) atoms. The van der Waals surface area contributed by atoms with Gasteiger partial charge in [-0.15, -0.1) is 0 Å². The number of carbonyl (C=O) groups is 1. The van der Waals surface area contributed by atoms with Gasteiger partial charge in [0.15, 0.2) is 11.2 Å². The fourth-order valence-electron chi connectivity index (χ4n) is 4.96. The van der Waals surface area contributed by atoms with Gasteiger partial charge in [-0.25, -0.2) is 9.78 Å². The molecule has 4 heterocycles. The molecule has 1 atom stereocenters. The number of aromatic nitrogens is 4. The Balaban J connectivity index is 1.51. The van der Waals surface area contributed by atoms with E-state index in [-0.39, 0.29) is 24.3 Å². The van der Waals surface area contributed by atoms with Crippen LogP contribution in [-0.4, -0.2) is 49.5 Å². The van der Waals surface area contributed by atoms with E-state index in [2.05, 4.69) is 36.0 Å². The highest BCUT2D eigenvalue weighted by atomic mass is 16.3. The van der Waals surface area contributed by atoms with Crippen molar-refractivity contribution in [1.82, 2.24) is 29.3 Å². The molecule has 0 aliphatic carbocycles. The van der Waals surface area contributed by atoms with Gasteiger partial charge in [0, 0.05) is 32.5 Å². The van der Waals surface area contributed by atoms with Crippen LogP contribution in [0.1, 0.15) is 70.5 Å². The quantitative estimate of drug-likeness (QED) is 0.396. The lowest BCUT2D eigenvalue weighted by molar-refractivity contribution is -0.121. The fraction of sp³-hybridized carbons (Fsp3) is 0.615. The van der Waals surface area contributed by atoms with E-state index in [1.807, 2.05) is 16.7 Å². The smallest absolute Gasteiger partial charge is 0.330 e. The van der Waals surface area contributed by atoms with Gasteiger partial charge >= 0.3 is 5.69 Å². The standard InChI is InChI=1S/C26H38N6O4/c1-4-5-14-31-24-23(25(34)29-26(31)35)32(17-18(2)3)21(28-24)10-11-22(33)27-16-19(20-9-8-15-36-20)30-12-6-7-13-30/h8-9,15,18-19H,4-7,10-14,16-17H2,1-3H3,(H,27,33)(H,29,34,35). The first-order valence-electron chi connectivity index (χ1n) is 13.1. The third-order valence-corrected chi connectivity index (χ3v) is 6.77. The lowest BCUT2D eigenvalue weighted by Gasteiger charge is -2.26.